The van der Waals surface area contributed by atoms with Crippen LogP contribution in [0, 0.1) is 6.92 Å². The van der Waals surface area contributed by atoms with Gasteiger partial charge in [-0.3, -0.25) is 4.79 Å². The van der Waals surface area contributed by atoms with Gasteiger partial charge in [0.2, 0.25) is 5.91 Å². The fraction of sp³-hybridized carbons (Fsp3) is 0.280. The fourth-order valence-corrected chi connectivity index (χ4v) is 3.67. The lowest BCUT2D eigenvalue weighted by Crippen LogP contribution is -2.36. The van der Waals surface area contributed by atoms with Crippen LogP contribution in [0.3, 0.4) is 0 Å². The summed E-state index contributed by atoms with van der Waals surface area (Å²) in [6.07, 6.45) is 7.02. The molecule has 0 aliphatic carbocycles. The minimum Gasteiger partial charge on any atom is -0.495 e. The van der Waals surface area contributed by atoms with Crippen molar-refractivity contribution < 1.29 is 14.3 Å². The Morgan fingerprint density at radius 3 is 2.81 bits per heavy atom. The lowest BCUT2D eigenvalue weighted by atomic mass is 10.1. The molecular formula is C25H28N4O3. The highest BCUT2D eigenvalue weighted by atomic mass is 16.5. The maximum atomic E-state index is 12.4. The van der Waals surface area contributed by atoms with E-state index in [1.165, 1.54) is 0 Å². The van der Waals surface area contributed by atoms with Crippen LogP contribution in [0.5, 0.6) is 5.75 Å². The summed E-state index contributed by atoms with van der Waals surface area (Å²) in [7, 11) is 1.63. The Balaban J connectivity index is 1.36. The van der Waals surface area contributed by atoms with Crippen LogP contribution in [0.15, 0.2) is 61.1 Å². The first-order valence-corrected chi connectivity index (χ1v) is 10.7. The van der Waals surface area contributed by atoms with E-state index in [0.29, 0.717) is 12.3 Å². The number of imidazole rings is 1. The van der Waals surface area contributed by atoms with Crippen molar-refractivity contribution in [3.63, 3.8) is 0 Å². The highest BCUT2D eigenvalue weighted by Crippen LogP contribution is 2.25. The lowest BCUT2D eigenvalue weighted by Gasteiger charge is -2.29. The number of hydrogen-bond donors (Lipinski definition) is 1. The van der Waals surface area contributed by atoms with Crippen molar-refractivity contribution in [3.8, 4) is 11.4 Å². The van der Waals surface area contributed by atoms with E-state index in [2.05, 4.69) is 27.3 Å². The van der Waals surface area contributed by atoms with Crippen LogP contribution >= 0.6 is 0 Å². The van der Waals surface area contributed by atoms with Crippen molar-refractivity contribution in [1.82, 2.24) is 14.9 Å². The molecule has 0 atom stereocenters. The van der Waals surface area contributed by atoms with Crippen molar-refractivity contribution in [1.29, 1.82) is 0 Å². The van der Waals surface area contributed by atoms with Gasteiger partial charge in [0.1, 0.15) is 5.75 Å². The van der Waals surface area contributed by atoms with Gasteiger partial charge in [-0.2, -0.15) is 0 Å². The molecule has 2 aromatic carbocycles. The number of ether oxygens (including phenoxy) is 2. The summed E-state index contributed by atoms with van der Waals surface area (Å²) in [4.78, 5) is 18.9. The molecule has 0 saturated carbocycles. The van der Waals surface area contributed by atoms with Crippen LogP contribution in [-0.4, -0.2) is 48.9 Å². The molecule has 0 radical (unpaired) electrons. The molecule has 32 heavy (non-hydrogen) atoms. The molecule has 7 nitrogen and oxygen atoms in total. The zero-order chi connectivity index (χ0) is 22.3. The molecular weight excluding hydrogens is 404 g/mol. The van der Waals surface area contributed by atoms with Crippen molar-refractivity contribution in [2.45, 2.75) is 13.5 Å². The summed E-state index contributed by atoms with van der Waals surface area (Å²) in [5.74, 6) is 0.569. The van der Waals surface area contributed by atoms with E-state index in [9.17, 15) is 4.79 Å². The number of methoxy groups -OCH3 is 1. The van der Waals surface area contributed by atoms with Crippen LogP contribution in [0.2, 0.25) is 0 Å². The molecule has 0 bridgehead atoms. The molecule has 1 N–H and O–H groups in total. The number of aryl methyl sites for hydroxylation is 1. The fourth-order valence-electron chi connectivity index (χ4n) is 3.67. The Hall–Kier alpha value is -3.58. The first-order chi connectivity index (χ1) is 15.6. The van der Waals surface area contributed by atoms with Gasteiger partial charge in [0.15, 0.2) is 0 Å². The van der Waals surface area contributed by atoms with Gasteiger partial charge in [-0.1, -0.05) is 18.2 Å². The third kappa shape index (κ3) is 5.36. The number of aromatic nitrogens is 2. The summed E-state index contributed by atoms with van der Waals surface area (Å²) in [6, 6.07) is 14.1. The number of nitrogens with zero attached hydrogens (tertiary/aromatic N) is 3. The molecule has 1 aromatic heterocycles. The first kappa shape index (κ1) is 21.6. The second-order valence-electron chi connectivity index (χ2n) is 7.67. The second kappa shape index (κ2) is 10.2. The number of amides is 1. The Bertz CT molecular complexity index is 1100. The predicted molar refractivity (Wildman–Crippen MR) is 125 cm³/mol. The molecule has 166 valence electrons. The smallest absolute Gasteiger partial charge is 0.244 e. The quantitative estimate of drug-likeness (QED) is 0.580. The average Bonchev–Trinajstić information content (AvgIpc) is 3.28. The van der Waals surface area contributed by atoms with Crippen LogP contribution in [0.25, 0.3) is 11.8 Å². The zero-order valence-electron chi connectivity index (χ0n) is 18.5. The lowest BCUT2D eigenvalue weighted by molar-refractivity contribution is -0.116. The van der Waals surface area contributed by atoms with Crippen molar-refractivity contribution in [3.05, 3.63) is 77.9 Å². The SMILES string of the molecule is COc1cc(C=CC(=O)NCc2cccc(N3CCOCC3)c2)ccc1-n1cnc(C)c1. The van der Waals surface area contributed by atoms with E-state index in [1.54, 1.807) is 25.6 Å². The van der Waals surface area contributed by atoms with E-state index < -0.39 is 0 Å². The molecule has 1 amide bonds. The number of carbonyl (C=O) groups excluding carboxylic acids is 1. The van der Waals surface area contributed by atoms with Crippen LogP contribution in [-0.2, 0) is 16.1 Å². The third-order valence-corrected chi connectivity index (χ3v) is 5.37. The topological polar surface area (TPSA) is 68.6 Å². The summed E-state index contributed by atoms with van der Waals surface area (Å²) >= 11 is 0. The molecule has 1 aliphatic rings. The molecule has 7 heteroatoms. The van der Waals surface area contributed by atoms with E-state index in [4.69, 9.17) is 9.47 Å². The largest absolute Gasteiger partial charge is 0.495 e. The number of rotatable bonds is 7. The Labute approximate surface area is 188 Å². The van der Waals surface area contributed by atoms with Gasteiger partial charge in [-0.25, -0.2) is 4.98 Å². The van der Waals surface area contributed by atoms with Crippen molar-refractivity contribution in [2.24, 2.45) is 0 Å². The number of benzene rings is 2. The normalized spacial score (nSPS) is 14.0. The average molecular weight is 433 g/mol. The highest BCUT2D eigenvalue weighted by Gasteiger charge is 2.11. The zero-order valence-corrected chi connectivity index (χ0v) is 18.5. The molecule has 1 saturated heterocycles. The number of morpholine rings is 1. The second-order valence-corrected chi connectivity index (χ2v) is 7.67. The maximum absolute atomic E-state index is 12.4. The van der Waals surface area contributed by atoms with Gasteiger partial charge in [0.05, 0.1) is 38.0 Å². The summed E-state index contributed by atoms with van der Waals surface area (Å²) < 4.78 is 12.9. The third-order valence-electron chi connectivity index (χ3n) is 5.37. The first-order valence-electron chi connectivity index (χ1n) is 10.7. The van der Waals surface area contributed by atoms with Crippen LogP contribution in [0.1, 0.15) is 16.8 Å². The number of nitrogens with one attached hydrogen (secondary N) is 1. The van der Waals surface area contributed by atoms with E-state index in [0.717, 1.165) is 54.5 Å². The van der Waals surface area contributed by atoms with Crippen molar-refractivity contribution >= 4 is 17.7 Å². The van der Waals surface area contributed by atoms with E-state index in [1.807, 2.05) is 48.0 Å². The Morgan fingerprint density at radius 2 is 2.06 bits per heavy atom. The summed E-state index contributed by atoms with van der Waals surface area (Å²) in [5.41, 5.74) is 4.94. The molecule has 0 spiro atoms. The van der Waals surface area contributed by atoms with Crippen molar-refractivity contribution in [2.75, 3.05) is 38.3 Å². The number of carbonyl (C=O) groups is 1. The van der Waals surface area contributed by atoms with Gasteiger partial charge in [0, 0.05) is 37.6 Å². The monoisotopic (exact) mass is 432 g/mol. The van der Waals surface area contributed by atoms with E-state index >= 15 is 0 Å². The van der Waals surface area contributed by atoms with Gasteiger partial charge in [-0.05, 0) is 48.4 Å². The summed E-state index contributed by atoms with van der Waals surface area (Å²) in [6.45, 7) is 5.70. The minimum absolute atomic E-state index is 0.143. The summed E-state index contributed by atoms with van der Waals surface area (Å²) in [5, 5.41) is 2.96. The van der Waals surface area contributed by atoms with Gasteiger partial charge < -0.3 is 24.3 Å². The molecule has 1 fully saturated rings. The Kier molecular flexibility index (Phi) is 6.87. The maximum Gasteiger partial charge on any atom is 0.244 e. The number of anilines is 1. The van der Waals surface area contributed by atoms with Crippen LogP contribution < -0.4 is 15.0 Å². The van der Waals surface area contributed by atoms with E-state index in [-0.39, 0.29) is 5.91 Å². The Morgan fingerprint density at radius 1 is 1.22 bits per heavy atom. The molecule has 0 unspecified atom stereocenters. The minimum atomic E-state index is -0.143. The van der Waals surface area contributed by atoms with Gasteiger partial charge in [-0.15, -0.1) is 0 Å². The van der Waals surface area contributed by atoms with Crippen LogP contribution in [0.4, 0.5) is 5.69 Å². The standard InChI is InChI=1S/C25H28N4O3/c1-19-17-29(18-27-19)23-8-6-20(15-24(23)31-2)7-9-25(30)26-16-21-4-3-5-22(14-21)28-10-12-32-13-11-28/h3-9,14-15,17-18H,10-13,16H2,1-2H3,(H,26,30). The molecule has 1 aliphatic heterocycles. The van der Waals surface area contributed by atoms with Gasteiger partial charge >= 0.3 is 0 Å². The number of hydrogen-bond acceptors (Lipinski definition) is 5. The van der Waals surface area contributed by atoms with Gasteiger partial charge in [0.25, 0.3) is 0 Å². The highest BCUT2D eigenvalue weighted by molar-refractivity contribution is 5.91. The predicted octanol–water partition coefficient (Wildman–Crippen LogP) is 3.36. The molecule has 2 heterocycles. The molecule has 4 rings (SSSR count). The molecule has 3 aromatic rings.